The Morgan fingerprint density at radius 2 is 2.10 bits per heavy atom. The predicted molar refractivity (Wildman–Crippen MR) is 75.1 cm³/mol. The molecule has 1 amide bonds. The lowest BCUT2D eigenvalue weighted by molar-refractivity contribution is -0.120. The molecule has 0 saturated carbocycles. The number of carbonyl (C=O) groups is 2. The molecule has 108 valence electrons. The highest BCUT2D eigenvalue weighted by Gasteiger charge is 2.23. The van der Waals surface area contributed by atoms with E-state index in [0.717, 1.165) is 0 Å². The third-order valence-corrected chi connectivity index (χ3v) is 3.19. The number of nitrogens with one attached hydrogen (secondary N) is 1. The number of carboxylic acids is 1. The highest BCUT2D eigenvalue weighted by molar-refractivity contribution is 5.89. The standard InChI is InChI=1S/C14H19N3O3/c1-14(2,3)10-6-9(13(19)20)7-11(16-10)17-5-4-15-12(18)8-17/h6-7H,4-5,8H2,1-3H3,(H,15,18)(H,19,20). The van der Waals surface area contributed by atoms with Gasteiger partial charge in [-0.25, -0.2) is 9.78 Å². The van der Waals surface area contributed by atoms with E-state index in [9.17, 15) is 14.7 Å². The number of rotatable bonds is 2. The molecule has 0 radical (unpaired) electrons. The summed E-state index contributed by atoms with van der Waals surface area (Å²) in [5.41, 5.74) is 0.655. The second kappa shape index (κ2) is 5.11. The Morgan fingerprint density at radius 1 is 1.40 bits per heavy atom. The first kappa shape index (κ1) is 14.3. The zero-order valence-electron chi connectivity index (χ0n) is 11.9. The number of piperazine rings is 1. The fourth-order valence-corrected chi connectivity index (χ4v) is 2.02. The van der Waals surface area contributed by atoms with E-state index in [2.05, 4.69) is 10.3 Å². The molecule has 1 aromatic rings. The van der Waals surface area contributed by atoms with E-state index in [4.69, 9.17) is 0 Å². The van der Waals surface area contributed by atoms with Crippen molar-refractivity contribution in [1.82, 2.24) is 10.3 Å². The van der Waals surface area contributed by atoms with Crippen LogP contribution in [0, 0.1) is 0 Å². The third kappa shape index (κ3) is 3.07. The predicted octanol–water partition coefficient (Wildman–Crippen LogP) is 1.01. The van der Waals surface area contributed by atoms with Crippen molar-refractivity contribution in [1.29, 1.82) is 0 Å². The van der Waals surface area contributed by atoms with Gasteiger partial charge in [-0.3, -0.25) is 4.79 Å². The van der Waals surface area contributed by atoms with Crippen LogP contribution in [0.4, 0.5) is 5.82 Å². The summed E-state index contributed by atoms with van der Waals surface area (Å²) in [4.78, 5) is 29.0. The number of carbonyl (C=O) groups excluding carboxylic acids is 1. The summed E-state index contributed by atoms with van der Waals surface area (Å²) in [6.45, 7) is 7.32. The molecule has 1 saturated heterocycles. The molecule has 2 heterocycles. The Kier molecular flexibility index (Phi) is 3.65. The van der Waals surface area contributed by atoms with Crippen LogP contribution in [-0.2, 0) is 10.2 Å². The minimum atomic E-state index is -0.986. The summed E-state index contributed by atoms with van der Waals surface area (Å²) in [7, 11) is 0. The Bertz CT molecular complexity index is 549. The van der Waals surface area contributed by atoms with Crippen molar-refractivity contribution in [2.75, 3.05) is 24.5 Å². The molecule has 0 bridgehead atoms. The smallest absolute Gasteiger partial charge is 0.335 e. The van der Waals surface area contributed by atoms with Crippen molar-refractivity contribution in [2.24, 2.45) is 0 Å². The number of pyridine rings is 1. The van der Waals surface area contributed by atoms with Gasteiger partial charge in [-0.15, -0.1) is 0 Å². The number of aromatic nitrogens is 1. The van der Waals surface area contributed by atoms with E-state index in [1.807, 2.05) is 20.8 Å². The molecule has 6 heteroatoms. The van der Waals surface area contributed by atoms with Crippen LogP contribution in [-0.4, -0.2) is 41.6 Å². The van der Waals surface area contributed by atoms with Gasteiger partial charge in [0.05, 0.1) is 12.1 Å². The lowest BCUT2D eigenvalue weighted by atomic mass is 9.90. The van der Waals surface area contributed by atoms with Crippen LogP contribution in [0.15, 0.2) is 12.1 Å². The Morgan fingerprint density at radius 3 is 2.65 bits per heavy atom. The molecule has 0 atom stereocenters. The van der Waals surface area contributed by atoms with Gasteiger partial charge in [0.1, 0.15) is 5.82 Å². The summed E-state index contributed by atoms with van der Waals surface area (Å²) < 4.78 is 0. The fourth-order valence-electron chi connectivity index (χ4n) is 2.02. The number of hydrogen-bond acceptors (Lipinski definition) is 4. The van der Waals surface area contributed by atoms with E-state index in [-0.39, 0.29) is 23.4 Å². The number of carboxylic acid groups (broad SMARTS) is 1. The van der Waals surface area contributed by atoms with Gasteiger partial charge >= 0.3 is 5.97 Å². The Hall–Kier alpha value is -2.11. The first-order valence-corrected chi connectivity index (χ1v) is 6.55. The van der Waals surface area contributed by atoms with Gasteiger partial charge in [0.25, 0.3) is 0 Å². The lowest BCUT2D eigenvalue weighted by Crippen LogP contribution is -2.48. The Labute approximate surface area is 117 Å². The Balaban J connectivity index is 2.44. The molecular weight excluding hydrogens is 258 g/mol. The van der Waals surface area contributed by atoms with Crippen molar-refractivity contribution in [3.63, 3.8) is 0 Å². The summed E-state index contributed by atoms with van der Waals surface area (Å²) in [6.07, 6.45) is 0. The van der Waals surface area contributed by atoms with Crippen LogP contribution >= 0.6 is 0 Å². The summed E-state index contributed by atoms with van der Waals surface area (Å²) in [6, 6.07) is 3.12. The van der Waals surface area contributed by atoms with Gasteiger partial charge in [-0.05, 0) is 12.1 Å². The molecule has 0 spiro atoms. The molecule has 2 N–H and O–H groups in total. The minimum Gasteiger partial charge on any atom is -0.478 e. The van der Waals surface area contributed by atoms with Crippen molar-refractivity contribution >= 4 is 17.7 Å². The van der Waals surface area contributed by atoms with Gasteiger partial charge in [0, 0.05) is 24.2 Å². The van der Waals surface area contributed by atoms with E-state index in [0.29, 0.717) is 24.6 Å². The van der Waals surface area contributed by atoms with Crippen molar-refractivity contribution in [3.8, 4) is 0 Å². The number of anilines is 1. The second-order valence-corrected chi connectivity index (χ2v) is 5.93. The van der Waals surface area contributed by atoms with Gasteiger partial charge in [-0.1, -0.05) is 20.8 Å². The molecule has 1 aromatic heterocycles. The SMILES string of the molecule is CC(C)(C)c1cc(C(=O)O)cc(N2CCNC(=O)C2)n1. The maximum Gasteiger partial charge on any atom is 0.335 e. The van der Waals surface area contributed by atoms with Crippen LogP contribution in [0.5, 0.6) is 0 Å². The van der Waals surface area contributed by atoms with Gasteiger partial charge in [0.2, 0.25) is 5.91 Å². The second-order valence-electron chi connectivity index (χ2n) is 5.93. The van der Waals surface area contributed by atoms with E-state index in [1.54, 1.807) is 11.0 Å². The lowest BCUT2D eigenvalue weighted by Gasteiger charge is -2.29. The zero-order valence-corrected chi connectivity index (χ0v) is 11.9. The van der Waals surface area contributed by atoms with Crippen LogP contribution in [0.3, 0.4) is 0 Å². The maximum atomic E-state index is 11.5. The topological polar surface area (TPSA) is 82.5 Å². The van der Waals surface area contributed by atoms with E-state index >= 15 is 0 Å². The highest BCUT2D eigenvalue weighted by Crippen LogP contribution is 2.25. The molecule has 6 nitrogen and oxygen atoms in total. The minimum absolute atomic E-state index is 0.0731. The van der Waals surface area contributed by atoms with Crippen molar-refractivity contribution in [2.45, 2.75) is 26.2 Å². The third-order valence-electron chi connectivity index (χ3n) is 3.19. The molecule has 0 aliphatic carbocycles. The molecule has 2 rings (SSSR count). The van der Waals surface area contributed by atoms with Crippen LogP contribution in [0.1, 0.15) is 36.8 Å². The summed E-state index contributed by atoms with van der Waals surface area (Å²) >= 11 is 0. The molecule has 1 aliphatic rings. The highest BCUT2D eigenvalue weighted by atomic mass is 16.4. The van der Waals surface area contributed by atoms with Crippen LogP contribution in [0.25, 0.3) is 0 Å². The van der Waals surface area contributed by atoms with Crippen molar-refractivity contribution in [3.05, 3.63) is 23.4 Å². The molecular formula is C14H19N3O3. The maximum absolute atomic E-state index is 11.5. The molecule has 1 aliphatic heterocycles. The first-order chi connectivity index (χ1) is 9.27. The summed E-state index contributed by atoms with van der Waals surface area (Å²) in [5.74, 6) is -0.513. The largest absolute Gasteiger partial charge is 0.478 e. The number of nitrogens with zero attached hydrogens (tertiary/aromatic N) is 2. The van der Waals surface area contributed by atoms with E-state index in [1.165, 1.54) is 6.07 Å². The van der Waals surface area contributed by atoms with Gasteiger partial charge in [0.15, 0.2) is 0 Å². The average molecular weight is 277 g/mol. The quantitative estimate of drug-likeness (QED) is 0.843. The van der Waals surface area contributed by atoms with Crippen LogP contribution < -0.4 is 10.2 Å². The molecule has 0 aromatic carbocycles. The first-order valence-electron chi connectivity index (χ1n) is 6.55. The van der Waals surface area contributed by atoms with Gasteiger partial charge < -0.3 is 15.3 Å². The normalized spacial score (nSPS) is 15.9. The molecule has 20 heavy (non-hydrogen) atoms. The summed E-state index contributed by atoms with van der Waals surface area (Å²) in [5, 5.41) is 12.0. The monoisotopic (exact) mass is 277 g/mol. The van der Waals surface area contributed by atoms with Crippen molar-refractivity contribution < 1.29 is 14.7 Å². The fraction of sp³-hybridized carbons (Fsp3) is 0.500. The average Bonchev–Trinajstić information content (AvgIpc) is 2.37. The number of amides is 1. The molecule has 0 unspecified atom stereocenters. The van der Waals surface area contributed by atoms with E-state index < -0.39 is 5.97 Å². The van der Waals surface area contributed by atoms with Gasteiger partial charge in [-0.2, -0.15) is 0 Å². The number of aromatic carboxylic acids is 1. The van der Waals surface area contributed by atoms with Crippen LogP contribution in [0.2, 0.25) is 0 Å². The number of hydrogen-bond donors (Lipinski definition) is 2. The molecule has 1 fully saturated rings. The zero-order chi connectivity index (χ0) is 14.9.